The Morgan fingerprint density at radius 1 is 1.16 bits per heavy atom. The maximum Gasteiger partial charge on any atom is 0.156 e. The molecule has 0 atom stereocenters. The maximum absolute atomic E-state index is 12.2. The molecule has 2 N–H and O–H groups in total. The van der Waals surface area contributed by atoms with E-state index in [2.05, 4.69) is 11.8 Å². The van der Waals surface area contributed by atoms with Gasteiger partial charge in [0.2, 0.25) is 0 Å². The van der Waals surface area contributed by atoms with Gasteiger partial charge in [0.05, 0.1) is 10.5 Å². The first-order chi connectivity index (χ1) is 8.67. The third-order valence-electron chi connectivity index (χ3n) is 4.24. The van der Waals surface area contributed by atoms with Crippen LogP contribution in [0.3, 0.4) is 0 Å². The van der Waals surface area contributed by atoms with Gasteiger partial charge in [0.1, 0.15) is 0 Å². The van der Waals surface area contributed by atoms with E-state index < -0.39 is 14.6 Å². The molecule has 0 amide bonds. The van der Waals surface area contributed by atoms with Crippen molar-refractivity contribution in [3.05, 3.63) is 0 Å². The van der Waals surface area contributed by atoms with Crippen LogP contribution in [0.15, 0.2) is 0 Å². The van der Waals surface area contributed by atoms with Crippen LogP contribution in [0.5, 0.6) is 0 Å². The average Bonchev–Trinajstić information content (AvgIpc) is 2.30. The zero-order chi connectivity index (χ0) is 14.7. The molecule has 0 bridgehead atoms. The van der Waals surface area contributed by atoms with E-state index in [-0.39, 0.29) is 5.75 Å². The van der Waals surface area contributed by atoms with Crippen LogP contribution in [0, 0.1) is 0 Å². The fourth-order valence-electron chi connectivity index (χ4n) is 2.61. The van der Waals surface area contributed by atoms with E-state index in [0.717, 1.165) is 32.2 Å². The Hall–Kier alpha value is -0.130. The summed E-state index contributed by atoms with van der Waals surface area (Å²) >= 11 is 0. The first-order valence-corrected chi connectivity index (χ1v) is 9.04. The lowest BCUT2D eigenvalue weighted by molar-refractivity contribution is 0.165. The number of rotatable bonds is 5. The van der Waals surface area contributed by atoms with Crippen LogP contribution in [0.4, 0.5) is 0 Å². The van der Waals surface area contributed by atoms with E-state index >= 15 is 0 Å². The van der Waals surface area contributed by atoms with Gasteiger partial charge in [0.15, 0.2) is 9.84 Å². The fourth-order valence-corrected chi connectivity index (χ4v) is 3.70. The lowest BCUT2D eigenvalue weighted by Crippen LogP contribution is -2.44. The van der Waals surface area contributed by atoms with Crippen LogP contribution >= 0.6 is 0 Å². The first-order valence-electron chi connectivity index (χ1n) is 7.39. The molecule has 5 heteroatoms. The molecule has 0 radical (unpaired) electrons. The van der Waals surface area contributed by atoms with Crippen molar-refractivity contribution in [1.82, 2.24) is 4.90 Å². The Morgan fingerprint density at radius 3 is 2.11 bits per heavy atom. The van der Waals surface area contributed by atoms with Gasteiger partial charge in [-0.05, 0) is 53.0 Å². The van der Waals surface area contributed by atoms with E-state index in [1.54, 1.807) is 20.8 Å². The number of nitrogens with two attached hydrogens (primary N) is 1. The zero-order valence-corrected chi connectivity index (χ0v) is 13.7. The molecule has 1 fully saturated rings. The number of nitrogens with zero attached hydrogens (tertiary/aromatic N) is 1. The van der Waals surface area contributed by atoms with Crippen molar-refractivity contribution in [2.75, 3.05) is 18.8 Å². The highest BCUT2D eigenvalue weighted by Crippen LogP contribution is 2.23. The van der Waals surface area contributed by atoms with Crippen LogP contribution in [0.1, 0.15) is 53.4 Å². The fraction of sp³-hybridized carbons (Fsp3) is 1.00. The van der Waals surface area contributed by atoms with Gasteiger partial charge in [-0.15, -0.1) is 0 Å². The standard InChI is InChI=1S/C14H30N2O2S/c1-5-16(13-8-6-12(15)7-9-13)10-11-19(17,18)14(2,3)4/h12-13H,5-11,15H2,1-4H3. The van der Waals surface area contributed by atoms with Crippen molar-refractivity contribution < 1.29 is 8.42 Å². The Bertz CT molecular complexity index is 365. The topological polar surface area (TPSA) is 63.4 Å². The Labute approximate surface area is 118 Å². The van der Waals surface area contributed by atoms with E-state index in [9.17, 15) is 8.42 Å². The van der Waals surface area contributed by atoms with Crippen LogP contribution in [-0.4, -0.2) is 49.0 Å². The molecule has 0 aromatic carbocycles. The molecule has 0 aromatic rings. The molecule has 1 saturated carbocycles. The quantitative estimate of drug-likeness (QED) is 0.838. The predicted octanol–water partition coefficient (Wildman–Crippen LogP) is 1.79. The monoisotopic (exact) mass is 290 g/mol. The SMILES string of the molecule is CCN(CCS(=O)(=O)C(C)(C)C)C1CCC(N)CC1. The summed E-state index contributed by atoms with van der Waals surface area (Å²) in [5, 5.41) is 0. The van der Waals surface area contributed by atoms with Crippen molar-refractivity contribution in [3.63, 3.8) is 0 Å². The summed E-state index contributed by atoms with van der Waals surface area (Å²) in [6, 6.07) is 0.855. The van der Waals surface area contributed by atoms with Crippen molar-refractivity contribution >= 4 is 9.84 Å². The number of hydrogen-bond acceptors (Lipinski definition) is 4. The van der Waals surface area contributed by atoms with Crippen molar-refractivity contribution in [3.8, 4) is 0 Å². The summed E-state index contributed by atoms with van der Waals surface area (Å²) in [5.74, 6) is 0.257. The molecule has 0 saturated heterocycles. The van der Waals surface area contributed by atoms with Gasteiger partial charge in [-0.3, -0.25) is 4.90 Å². The van der Waals surface area contributed by atoms with Gasteiger partial charge in [-0.25, -0.2) is 8.42 Å². The molecule has 0 heterocycles. The lowest BCUT2D eigenvalue weighted by Gasteiger charge is -2.35. The highest BCUT2D eigenvalue weighted by Gasteiger charge is 2.30. The minimum absolute atomic E-state index is 0.257. The minimum Gasteiger partial charge on any atom is -0.328 e. The molecule has 1 rings (SSSR count). The van der Waals surface area contributed by atoms with E-state index in [1.165, 1.54) is 0 Å². The van der Waals surface area contributed by atoms with E-state index in [4.69, 9.17) is 5.73 Å². The first kappa shape index (κ1) is 16.9. The molecule has 0 spiro atoms. The highest BCUT2D eigenvalue weighted by molar-refractivity contribution is 7.92. The summed E-state index contributed by atoms with van der Waals surface area (Å²) in [6.07, 6.45) is 4.33. The molecule has 19 heavy (non-hydrogen) atoms. The van der Waals surface area contributed by atoms with Gasteiger partial charge < -0.3 is 5.73 Å². The van der Waals surface area contributed by atoms with Gasteiger partial charge >= 0.3 is 0 Å². The second-order valence-electron chi connectivity index (χ2n) is 6.63. The van der Waals surface area contributed by atoms with Crippen molar-refractivity contribution in [2.45, 2.75) is 70.2 Å². The van der Waals surface area contributed by atoms with Gasteiger partial charge in [0.25, 0.3) is 0 Å². The summed E-state index contributed by atoms with van der Waals surface area (Å²) in [5.41, 5.74) is 5.92. The van der Waals surface area contributed by atoms with E-state index in [0.29, 0.717) is 18.6 Å². The maximum atomic E-state index is 12.2. The largest absolute Gasteiger partial charge is 0.328 e. The normalized spacial score (nSPS) is 25.8. The average molecular weight is 290 g/mol. The molecule has 4 nitrogen and oxygen atoms in total. The van der Waals surface area contributed by atoms with Crippen LogP contribution < -0.4 is 5.73 Å². The van der Waals surface area contributed by atoms with Crippen LogP contribution in [0.2, 0.25) is 0 Å². The molecular formula is C14H30N2O2S. The van der Waals surface area contributed by atoms with Crippen LogP contribution in [-0.2, 0) is 9.84 Å². The third kappa shape index (κ3) is 4.72. The number of hydrogen-bond donors (Lipinski definition) is 1. The minimum atomic E-state index is -3.02. The van der Waals surface area contributed by atoms with E-state index in [1.807, 2.05) is 0 Å². The molecule has 1 aliphatic carbocycles. The van der Waals surface area contributed by atoms with Crippen molar-refractivity contribution in [2.24, 2.45) is 5.73 Å². The molecule has 0 aromatic heterocycles. The van der Waals surface area contributed by atoms with Crippen molar-refractivity contribution in [1.29, 1.82) is 0 Å². The number of sulfone groups is 1. The predicted molar refractivity (Wildman–Crippen MR) is 81.0 cm³/mol. The molecular weight excluding hydrogens is 260 g/mol. The summed E-state index contributed by atoms with van der Waals surface area (Å²) in [7, 11) is -3.02. The van der Waals surface area contributed by atoms with Gasteiger partial charge in [-0.1, -0.05) is 6.92 Å². The van der Waals surface area contributed by atoms with Gasteiger partial charge in [-0.2, -0.15) is 0 Å². The third-order valence-corrected chi connectivity index (χ3v) is 6.83. The second kappa shape index (κ2) is 6.55. The summed E-state index contributed by atoms with van der Waals surface area (Å²) < 4.78 is 23.7. The molecule has 0 aliphatic heterocycles. The Morgan fingerprint density at radius 2 is 1.68 bits per heavy atom. The summed E-state index contributed by atoms with van der Waals surface area (Å²) in [6.45, 7) is 9.00. The summed E-state index contributed by atoms with van der Waals surface area (Å²) in [4.78, 5) is 2.31. The Kier molecular flexibility index (Phi) is 5.83. The zero-order valence-electron chi connectivity index (χ0n) is 12.9. The smallest absolute Gasteiger partial charge is 0.156 e. The van der Waals surface area contributed by atoms with Crippen LogP contribution in [0.25, 0.3) is 0 Å². The second-order valence-corrected chi connectivity index (χ2v) is 9.49. The molecule has 114 valence electrons. The lowest BCUT2D eigenvalue weighted by atomic mass is 9.91. The highest BCUT2D eigenvalue weighted by atomic mass is 32.2. The van der Waals surface area contributed by atoms with Gasteiger partial charge in [0, 0.05) is 18.6 Å². The molecule has 0 unspecified atom stereocenters. The Balaban J connectivity index is 2.54. The molecule has 1 aliphatic rings.